The third-order valence-electron chi connectivity index (χ3n) is 3.19. The molecular weight excluding hydrogens is 184 g/mol. The van der Waals surface area contributed by atoms with Crippen LogP contribution >= 0.6 is 0 Å². The monoisotopic (exact) mass is 205 g/mol. The lowest BCUT2D eigenvalue weighted by Gasteiger charge is -2.38. The number of quaternary nitrogens is 1. The largest absolute Gasteiger partial charge is 0.326 e. The first-order valence-electron chi connectivity index (χ1n) is 5.75. The van der Waals surface area contributed by atoms with E-state index in [0.29, 0.717) is 6.04 Å². The van der Waals surface area contributed by atoms with Crippen LogP contribution in [0, 0.1) is 0 Å². The lowest BCUT2D eigenvalue weighted by molar-refractivity contribution is -0.894. The maximum atomic E-state index is 3.61. The van der Waals surface area contributed by atoms with Gasteiger partial charge in [-0.2, -0.15) is 0 Å². The van der Waals surface area contributed by atoms with E-state index in [9.17, 15) is 0 Å². The minimum Gasteiger partial charge on any atom is -0.326 e. The van der Waals surface area contributed by atoms with Gasteiger partial charge in [0.25, 0.3) is 0 Å². The summed E-state index contributed by atoms with van der Waals surface area (Å²) in [7, 11) is 4.64. The zero-order valence-electron chi connectivity index (χ0n) is 9.74. The SMILES string of the molecule is C[N+]1(C)CCNC(Cc2ccccc2)C1. The Morgan fingerprint density at radius 1 is 1.27 bits per heavy atom. The van der Waals surface area contributed by atoms with Crippen molar-refractivity contribution in [2.24, 2.45) is 0 Å². The summed E-state index contributed by atoms with van der Waals surface area (Å²) in [6.07, 6.45) is 1.16. The fraction of sp³-hybridized carbons (Fsp3) is 0.538. The van der Waals surface area contributed by atoms with E-state index in [1.165, 1.54) is 18.7 Å². The molecule has 0 radical (unpaired) electrons. The number of piperazine rings is 1. The quantitative estimate of drug-likeness (QED) is 0.717. The molecule has 1 unspecified atom stereocenters. The van der Waals surface area contributed by atoms with Gasteiger partial charge in [0.2, 0.25) is 0 Å². The predicted molar refractivity (Wildman–Crippen MR) is 63.8 cm³/mol. The molecule has 2 heteroatoms. The van der Waals surface area contributed by atoms with E-state index in [1.54, 1.807) is 0 Å². The highest BCUT2D eigenvalue weighted by molar-refractivity contribution is 5.15. The molecule has 15 heavy (non-hydrogen) atoms. The molecule has 1 heterocycles. The molecule has 1 atom stereocenters. The Balaban J connectivity index is 1.95. The standard InChI is InChI=1S/C13H21N2/c1-15(2)9-8-14-13(11-15)10-12-6-4-3-5-7-12/h3-7,13-14H,8-11H2,1-2H3/q+1. The van der Waals surface area contributed by atoms with Gasteiger partial charge in [0.05, 0.1) is 33.2 Å². The van der Waals surface area contributed by atoms with Gasteiger partial charge in [-0.3, -0.25) is 0 Å². The summed E-state index contributed by atoms with van der Waals surface area (Å²) in [6, 6.07) is 11.4. The summed E-state index contributed by atoms with van der Waals surface area (Å²) < 4.78 is 1.14. The lowest BCUT2D eigenvalue weighted by Crippen LogP contribution is -2.58. The van der Waals surface area contributed by atoms with Crippen molar-refractivity contribution in [2.45, 2.75) is 12.5 Å². The minimum atomic E-state index is 0.635. The Morgan fingerprint density at radius 3 is 2.67 bits per heavy atom. The molecule has 0 bridgehead atoms. The summed E-state index contributed by atoms with van der Waals surface area (Å²) >= 11 is 0. The van der Waals surface area contributed by atoms with Gasteiger partial charge in [-0.25, -0.2) is 0 Å². The predicted octanol–water partition coefficient (Wildman–Crippen LogP) is 1.28. The first kappa shape index (κ1) is 10.7. The Bertz CT molecular complexity index is 306. The Hall–Kier alpha value is -0.860. The van der Waals surface area contributed by atoms with Crippen molar-refractivity contribution in [3.05, 3.63) is 35.9 Å². The number of nitrogens with one attached hydrogen (secondary N) is 1. The van der Waals surface area contributed by atoms with Gasteiger partial charge in [0.15, 0.2) is 0 Å². The summed E-state index contributed by atoms with van der Waals surface area (Å²) in [5.74, 6) is 0. The minimum absolute atomic E-state index is 0.635. The summed E-state index contributed by atoms with van der Waals surface area (Å²) in [5.41, 5.74) is 1.44. The molecule has 1 aromatic carbocycles. The van der Waals surface area contributed by atoms with Gasteiger partial charge in [0, 0.05) is 6.54 Å². The summed E-state index contributed by atoms with van der Waals surface area (Å²) in [5, 5.41) is 3.61. The van der Waals surface area contributed by atoms with Crippen molar-refractivity contribution >= 4 is 0 Å². The molecule has 0 spiro atoms. The molecule has 0 saturated carbocycles. The maximum absolute atomic E-state index is 3.61. The molecule has 1 saturated heterocycles. The van der Waals surface area contributed by atoms with Crippen LogP contribution in [-0.2, 0) is 6.42 Å². The fourth-order valence-corrected chi connectivity index (χ4v) is 2.36. The average molecular weight is 205 g/mol. The van der Waals surface area contributed by atoms with E-state index in [0.717, 1.165) is 17.4 Å². The van der Waals surface area contributed by atoms with Crippen molar-refractivity contribution in [3.8, 4) is 0 Å². The number of rotatable bonds is 2. The number of benzene rings is 1. The average Bonchev–Trinajstić information content (AvgIpc) is 2.17. The van der Waals surface area contributed by atoms with E-state index in [1.807, 2.05) is 0 Å². The maximum Gasteiger partial charge on any atom is 0.0942 e. The van der Waals surface area contributed by atoms with Crippen LogP contribution in [0.15, 0.2) is 30.3 Å². The molecular formula is C13H21N2+. The van der Waals surface area contributed by atoms with Crippen LogP contribution in [0.1, 0.15) is 5.56 Å². The van der Waals surface area contributed by atoms with Crippen LogP contribution in [-0.4, -0.2) is 44.3 Å². The Morgan fingerprint density at radius 2 is 2.00 bits per heavy atom. The molecule has 1 N–H and O–H groups in total. The Kier molecular flexibility index (Phi) is 3.08. The van der Waals surface area contributed by atoms with E-state index in [2.05, 4.69) is 49.7 Å². The first-order valence-corrected chi connectivity index (χ1v) is 5.75. The fourth-order valence-electron chi connectivity index (χ4n) is 2.36. The van der Waals surface area contributed by atoms with Gasteiger partial charge in [0.1, 0.15) is 0 Å². The van der Waals surface area contributed by atoms with Gasteiger partial charge >= 0.3 is 0 Å². The van der Waals surface area contributed by atoms with Gasteiger partial charge in [-0.1, -0.05) is 30.3 Å². The molecule has 1 aromatic rings. The van der Waals surface area contributed by atoms with E-state index < -0.39 is 0 Å². The molecule has 1 fully saturated rings. The van der Waals surface area contributed by atoms with Crippen LogP contribution in [0.4, 0.5) is 0 Å². The van der Waals surface area contributed by atoms with Crippen molar-refractivity contribution in [2.75, 3.05) is 33.7 Å². The number of nitrogens with zero attached hydrogens (tertiary/aromatic N) is 1. The summed E-state index contributed by atoms with van der Waals surface area (Å²) in [4.78, 5) is 0. The zero-order valence-corrected chi connectivity index (χ0v) is 9.74. The summed E-state index contributed by atoms with van der Waals surface area (Å²) in [6.45, 7) is 3.62. The second kappa shape index (κ2) is 4.33. The molecule has 2 nitrogen and oxygen atoms in total. The van der Waals surface area contributed by atoms with E-state index >= 15 is 0 Å². The third-order valence-corrected chi connectivity index (χ3v) is 3.19. The normalized spacial score (nSPS) is 25.1. The van der Waals surface area contributed by atoms with E-state index in [4.69, 9.17) is 0 Å². The molecule has 0 amide bonds. The first-order chi connectivity index (χ1) is 7.16. The van der Waals surface area contributed by atoms with Gasteiger partial charge in [-0.15, -0.1) is 0 Å². The van der Waals surface area contributed by atoms with Crippen LogP contribution in [0.25, 0.3) is 0 Å². The second-order valence-electron chi connectivity index (χ2n) is 5.18. The lowest BCUT2D eigenvalue weighted by atomic mass is 10.0. The van der Waals surface area contributed by atoms with Crippen LogP contribution in [0.3, 0.4) is 0 Å². The smallest absolute Gasteiger partial charge is 0.0942 e. The third kappa shape index (κ3) is 3.05. The molecule has 2 rings (SSSR count). The van der Waals surface area contributed by atoms with Crippen molar-refractivity contribution < 1.29 is 4.48 Å². The van der Waals surface area contributed by atoms with Crippen LogP contribution < -0.4 is 5.32 Å². The topological polar surface area (TPSA) is 12.0 Å². The highest BCUT2D eigenvalue weighted by Crippen LogP contribution is 2.10. The van der Waals surface area contributed by atoms with Crippen molar-refractivity contribution in [3.63, 3.8) is 0 Å². The van der Waals surface area contributed by atoms with Crippen LogP contribution in [0.2, 0.25) is 0 Å². The Labute approximate surface area is 92.5 Å². The highest BCUT2D eigenvalue weighted by Gasteiger charge is 2.26. The number of hydrogen-bond acceptors (Lipinski definition) is 1. The van der Waals surface area contributed by atoms with Crippen LogP contribution in [0.5, 0.6) is 0 Å². The molecule has 0 aliphatic carbocycles. The second-order valence-corrected chi connectivity index (χ2v) is 5.18. The number of likely N-dealkylation sites (N-methyl/N-ethyl adjacent to an activating group) is 1. The van der Waals surface area contributed by atoms with Crippen molar-refractivity contribution in [1.82, 2.24) is 5.32 Å². The molecule has 1 aliphatic heterocycles. The van der Waals surface area contributed by atoms with Crippen molar-refractivity contribution in [1.29, 1.82) is 0 Å². The van der Waals surface area contributed by atoms with E-state index in [-0.39, 0.29) is 0 Å². The highest BCUT2D eigenvalue weighted by atomic mass is 15.3. The van der Waals surface area contributed by atoms with Gasteiger partial charge < -0.3 is 9.80 Å². The van der Waals surface area contributed by atoms with Gasteiger partial charge in [-0.05, 0) is 12.0 Å². The molecule has 82 valence electrons. The number of hydrogen-bond donors (Lipinski definition) is 1. The zero-order chi connectivity index (χ0) is 10.7. The molecule has 0 aromatic heterocycles. The molecule has 1 aliphatic rings.